The van der Waals surface area contributed by atoms with Gasteiger partial charge in [-0.1, -0.05) is 24.3 Å². The van der Waals surface area contributed by atoms with E-state index in [9.17, 15) is 0 Å². The predicted octanol–water partition coefficient (Wildman–Crippen LogP) is 1.76. The molecule has 0 aliphatic carbocycles. The zero-order chi connectivity index (χ0) is 10.4. The Morgan fingerprint density at radius 2 is 1.64 bits per heavy atom. The highest BCUT2D eigenvalue weighted by molar-refractivity contribution is 6.61. The second-order valence-corrected chi connectivity index (χ2v) is 4.66. The summed E-state index contributed by atoms with van der Waals surface area (Å²) in [6, 6.07) is 8.26. The molecule has 3 heteroatoms. The maximum atomic E-state index is 5.63. The Balaban J connectivity index is 2.81. The molecule has 0 fully saturated rings. The van der Waals surface area contributed by atoms with Gasteiger partial charge >= 0.3 is 9.28 Å². The van der Waals surface area contributed by atoms with Crippen LogP contribution in [0.5, 0.6) is 0 Å². The summed E-state index contributed by atoms with van der Waals surface area (Å²) in [5.41, 5.74) is 1.25. The molecule has 0 aromatic heterocycles. The molecule has 0 atom stereocenters. The van der Waals surface area contributed by atoms with E-state index in [4.69, 9.17) is 8.85 Å². The van der Waals surface area contributed by atoms with E-state index < -0.39 is 9.28 Å². The van der Waals surface area contributed by atoms with Crippen LogP contribution in [0.1, 0.15) is 19.4 Å². The predicted molar refractivity (Wildman–Crippen MR) is 59.8 cm³/mol. The van der Waals surface area contributed by atoms with E-state index in [1.165, 1.54) is 10.8 Å². The van der Waals surface area contributed by atoms with E-state index in [0.29, 0.717) is 13.2 Å². The van der Waals surface area contributed by atoms with Gasteiger partial charge in [-0.2, -0.15) is 0 Å². The lowest BCUT2D eigenvalue weighted by atomic mass is 10.2. The van der Waals surface area contributed by atoms with Crippen molar-refractivity contribution in [3.05, 3.63) is 29.8 Å². The van der Waals surface area contributed by atoms with Gasteiger partial charge < -0.3 is 8.85 Å². The molecule has 0 bridgehead atoms. The zero-order valence-corrected chi connectivity index (χ0v) is 10.0. The number of aryl methyl sites for hydroxylation is 1. The van der Waals surface area contributed by atoms with Crippen LogP contribution in [-0.4, -0.2) is 22.5 Å². The minimum absolute atomic E-state index is 0.711. The number of rotatable bonds is 5. The van der Waals surface area contributed by atoms with E-state index >= 15 is 0 Å². The molecular weight excluding hydrogens is 192 g/mol. The molecule has 0 spiro atoms. The standard InChI is InChI=1S/C11H17O2Si/c1-4-12-14(13-5-2)11-9-7-6-8-10(11)3/h6-9H,4-5H2,1-3H3. The minimum Gasteiger partial charge on any atom is -0.390 e. The highest BCUT2D eigenvalue weighted by Gasteiger charge is 2.19. The Labute approximate surface area is 87.7 Å². The Morgan fingerprint density at radius 3 is 2.14 bits per heavy atom. The number of hydrogen-bond donors (Lipinski definition) is 0. The summed E-state index contributed by atoms with van der Waals surface area (Å²) in [4.78, 5) is 0. The number of benzene rings is 1. The van der Waals surface area contributed by atoms with Crippen molar-refractivity contribution >= 4 is 14.5 Å². The second kappa shape index (κ2) is 5.96. The monoisotopic (exact) mass is 209 g/mol. The van der Waals surface area contributed by atoms with Crippen LogP contribution in [0.25, 0.3) is 0 Å². The lowest BCUT2D eigenvalue weighted by molar-refractivity contribution is 0.225. The molecule has 1 rings (SSSR count). The molecule has 0 aliphatic heterocycles. The van der Waals surface area contributed by atoms with Gasteiger partial charge in [-0.15, -0.1) is 0 Å². The van der Waals surface area contributed by atoms with Crippen LogP contribution in [0.15, 0.2) is 24.3 Å². The Hall–Kier alpha value is -0.643. The van der Waals surface area contributed by atoms with Crippen molar-refractivity contribution < 1.29 is 8.85 Å². The van der Waals surface area contributed by atoms with Crippen LogP contribution in [0.4, 0.5) is 0 Å². The molecule has 0 N–H and O–H groups in total. The fourth-order valence-electron chi connectivity index (χ4n) is 1.26. The van der Waals surface area contributed by atoms with Crippen LogP contribution >= 0.6 is 0 Å². The van der Waals surface area contributed by atoms with E-state index in [0.717, 1.165) is 0 Å². The van der Waals surface area contributed by atoms with Crippen LogP contribution in [-0.2, 0) is 8.85 Å². The molecule has 0 saturated heterocycles. The Kier molecular flexibility index (Phi) is 4.86. The summed E-state index contributed by atoms with van der Waals surface area (Å²) in [6.07, 6.45) is 0. The van der Waals surface area contributed by atoms with E-state index in [2.05, 4.69) is 19.1 Å². The highest BCUT2D eigenvalue weighted by atomic mass is 28.3. The van der Waals surface area contributed by atoms with E-state index in [-0.39, 0.29) is 0 Å². The third-order valence-corrected chi connectivity index (χ3v) is 4.02. The average Bonchev–Trinajstić information content (AvgIpc) is 2.18. The quantitative estimate of drug-likeness (QED) is 0.688. The van der Waals surface area contributed by atoms with Crippen molar-refractivity contribution in [2.75, 3.05) is 13.2 Å². The van der Waals surface area contributed by atoms with Gasteiger partial charge in [0.15, 0.2) is 0 Å². The summed E-state index contributed by atoms with van der Waals surface area (Å²) in [7, 11) is -1.25. The van der Waals surface area contributed by atoms with Gasteiger partial charge in [0.2, 0.25) is 0 Å². The van der Waals surface area contributed by atoms with Gasteiger partial charge in [0, 0.05) is 13.2 Å². The molecule has 14 heavy (non-hydrogen) atoms. The second-order valence-electron chi connectivity index (χ2n) is 2.97. The summed E-state index contributed by atoms with van der Waals surface area (Å²) < 4.78 is 11.3. The van der Waals surface area contributed by atoms with Crippen LogP contribution in [0.2, 0.25) is 0 Å². The van der Waals surface area contributed by atoms with Gasteiger partial charge in [0.05, 0.1) is 0 Å². The first-order valence-corrected chi connectivity index (χ1v) is 6.29. The average molecular weight is 209 g/mol. The van der Waals surface area contributed by atoms with Crippen molar-refractivity contribution in [3.8, 4) is 0 Å². The van der Waals surface area contributed by atoms with Crippen molar-refractivity contribution in [2.24, 2.45) is 0 Å². The fourth-order valence-corrected chi connectivity index (χ4v) is 2.82. The van der Waals surface area contributed by atoms with Crippen molar-refractivity contribution in [3.63, 3.8) is 0 Å². The molecule has 0 aliphatic rings. The van der Waals surface area contributed by atoms with Gasteiger partial charge in [-0.25, -0.2) is 0 Å². The summed E-state index contributed by atoms with van der Waals surface area (Å²) >= 11 is 0. The SMILES string of the molecule is CCO[Si](OCC)c1ccccc1C. The Morgan fingerprint density at radius 1 is 1.07 bits per heavy atom. The maximum Gasteiger partial charge on any atom is 0.423 e. The Bertz CT molecular complexity index is 270. The highest BCUT2D eigenvalue weighted by Crippen LogP contribution is 1.99. The van der Waals surface area contributed by atoms with Gasteiger partial charge in [-0.3, -0.25) is 0 Å². The van der Waals surface area contributed by atoms with Crippen LogP contribution < -0.4 is 5.19 Å². The third kappa shape index (κ3) is 2.94. The molecule has 77 valence electrons. The fraction of sp³-hybridized carbons (Fsp3) is 0.455. The lowest BCUT2D eigenvalue weighted by Gasteiger charge is -2.14. The molecule has 2 nitrogen and oxygen atoms in total. The van der Waals surface area contributed by atoms with Gasteiger partial charge in [-0.05, 0) is 31.5 Å². The first kappa shape index (κ1) is 11.4. The maximum absolute atomic E-state index is 5.63. The topological polar surface area (TPSA) is 18.5 Å². The molecule has 0 unspecified atom stereocenters. The van der Waals surface area contributed by atoms with Crippen LogP contribution in [0, 0.1) is 6.92 Å². The van der Waals surface area contributed by atoms with Crippen molar-refractivity contribution in [1.82, 2.24) is 0 Å². The van der Waals surface area contributed by atoms with Crippen molar-refractivity contribution in [2.45, 2.75) is 20.8 Å². The van der Waals surface area contributed by atoms with E-state index in [1.54, 1.807) is 0 Å². The summed E-state index contributed by atoms with van der Waals surface area (Å²) in [5, 5.41) is 1.22. The molecule has 0 amide bonds. The lowest BCUT2D eigenvalue weighted by Crippen LogP contribution is -2.38. The molecular formula is C11H17O2Si. The van der Waals surface area contributed by atoms with Crippen LogP contribution in [0.3, 0.4) is 0 Å². The van der Waals surface area contributed by atoms with E-state index in [1.807, 2.05) is 26.0 Å². The normalized spacial score (nSPS) is 10.9. The summed E-state index contributed by atoms with van der Waals surface area (Å²) in [6.45, 7) is 7.52. The first-order chi connectivity index (χ1) is 6.79. The molecule has 0 heterocycles. The third-order valence-electron chi connectivity index (χ3n) is 1.92. The van der Waals surface area contributed by atoms with Gasteiger partial charge in [0.1, 0.15) is 0 Å². The number of hydrogen-bond acceptors (Lipinski definition) is 2. The molecule has 0 saturated carbocycles. The smallest absolute Gasteiger partial charge is 0.390 e. The van der Waals surface area contributed by atoms with Gasteiger partial charge in [0.25, 0.3) is 0 Å². The minimum atomic E-state index is -1.25. The molecule has 1 aromatic rings. The first-order valence-electron chi connectivity index (χ1n) is 4.98. The molecule has 1 aromatic carbocycles. The molecule has 1 radical (unpaired) electrons. The van der Waals surface area contributed by atoms with Crippen molar-refractivity contribution in [1.29, 1.82) is 0 Å². The summed E-state index contributed by atoms with van der Waals surface area (Å²) in [5.74, 6) is 0. The zero-order valence-electron chi connectivity index (χ0n) is 9.04. The largest absolute Gasteiger partial charge is 0.423 e.